The van der Waals surface area contributed by atoms with Crippen molar-refractivity contribution < 1.29 is 17.9 Å². The van der Waals surface area contributed by atoms with E-state index in [-0.39, 0.29) is 21.8 Å². The smallest absolute Gasteiger partial charge is 0.241 e. The first-order valence-electron chi connectivity index (χ1n) is 7.98. The number of anilines is 1. The zero-order valence-electron chi connectivity index (χ0n) is 15.1. The van der Waals surface area contributed by atoms with Gasteiger partial charge in [-0.25, -0.2) is 8.42 Å². The zero-order valence-corrected chi connectivity index (χ0v) is 17.4. The Balaban J connectivity index is 2.17. The van der Waals surface area contributed by atoms with E-state index in [9.17, 15) is 13.2 Å². The number of carbonyl (C=O) groups excluding carboxylic acids is 1. The monoisotopic (exact) mass is 430 g/mol. The van der Waals surface area contributed by atoms with E-state index < -0.39 is 22.5 Å². The molecular formula is C18H20Cl2N2O4S. The quantitative estimate of drug-likeness (QED) is 0.726. The third-order valence-electron chi connectivity index (χ3n) is 3.88. The second-order valence-electron chi connectivity index (χ2n) is 5.90. The van der Waals surface area contributed by atoms with Crippen molar-refractivity contribution in [3.63, 3.8) is 0 Å². The van der Waals surface area contributed by atoms with E-state index in [1.54, 1.807) is 38.3 Å². The molecule has 1 amide bonds. The minimum Gasteiger partial charge on any atom is -0.497 e. The van der Waals surface area contributed by atoms with Crippen LogP contribution >= 0.6 is 23.2 Å². The number of nitrogens with one attached hydrogen (secondary N) is 1. The molecule has 6 nitrogen and oxygen atoms in total. The van der Waals surface area contributed by atoms with Crippen LogP contribution in [0.5, 0.6) is 5.75 Å². The number of methoxy groups -OCH3 is 1. The number of rotatable bonds is 7. The topological polar surface area (TPSA) is 75.7 Å². The molecular weight excluding hydrogens is 411 g/mol. The predicted octanol–water partition coefficient (Wildman–Crippen LogP) is 3.65. The van der Waals surface area contributed by atoms with Crippen LogP contribution in [0.15, 0.2) is 42.5 Å². The van der Waals surface area contributed by atoms with E-state index in [1.807, 2.05) is 12.1 Å². The number of carbonyl (C=O) groups is 1. The molecule has 0 saturated heterocycles. The van der Waals surface area contributed by atoms with Crippen LogP contribution in [-0.4, -0.2) is 34.2 Å². The number of benzene rings is 2. The molecule has 0 aromatic heterocycles. The van der Waals surface area contributed by atoms with E-state index >= 15 is 0 Å². The molecule has 0 bridgehead atoms. The van der Waals surface area contributed by atoms with Gasteiger partial charge in [-0.05, 0) is 36.8 Å². The van der Waals surface area contributed by atoms with Crippen molar-refractivity contribution >= 4 is 44.8 Å². The molecule has 2 rings (SSSR count). The highest BCUT2D eigenvalue weighted by molar-refractivity contribution is 7.92. The van der Waals surface area contributed by atoms with Gasteiger partial charge >= 0.3 is 0 Å². The van der Waals surface area contributed by atoms with Gasteiger partial charge in [-0.15, -0.1) is 0 Å². The minimum atomic E-state index is -3.75. The molecule has 0 saturated carbocycles. The second kappa shape index (κ2) is 8.82. The molecule has 1 atom stereocenters. The van der Waals surface area contributed by atoms with E-state index in [0.29, 0.717) is 5.75 Å². The van der Waals surface area contributed by atoms with E-state index in [0.717, 1.165) is 16.1 Å². The van der Waals surface area contributed by atoms with Crippen molar-refractivity contribution in [3.05, 3.63) is 58.1 Å². The Morgan fingerprint density at radius 3 is 2.37 bits per heavy atom. The van der Waals surface area contributed by atoms with Crippen LogP contribution in [0, 0.1) is 0 Å². The molecule has 27 heavy (non-hydrogen) atoms. The maximum Gasteiger partial charge on any atom is 0.241 e. The van der Waals surface area contributed by atoms with Crippen LogP contribution in [0.4, 0.5) is 5.69 Å². The summed E-state index contributed by atoms with van der Waals surface area (Å²) >= 11 is 12.1. The van der Waals surface area contributed by atoms with Gasteiger partial charge in [0.05, 0.1) is 35.1 Å². The van der Waals surface area contributed by atoms with Crippen molar-refractivity contribution in [2.24, 2.45) is 0 Å². The van der Waals surface area contributed by atoms with Crippen LogP contribution in [0.3, 0.4) is 0 Å². The molecule has 0 heterocycles. The van der Waals surface area contributed by atoms with Gasteiger partial charge in [0.2, 0.25) is 15.9 Å². The van der Waals surface area contributed by atoms with Crippen LogP contribution in [-0.2, 0) is 14.8 Å². The molecule has 0 unspecified atom stereocenters. The van der Waals surface area contributed by atoms with Crippen molar-refractivity contribution in [1.82, 2.24) is 5.32 Å². The summed E-state index contributed by atoms with van der Waals surface area (Å²) in [5, 5.41) is 3.05. The molecule has 1 N–H and O–H groups in total. The summed E-state index contributed by atoms with van der Waals surface area (Å²) in [6.45, 7) is 1.39. The Morgan fingerprint density at radius 1 is 1.19 bits per heavy atom. The minimum absolute atomic E-state index is 0.0700. The first-order chi connectivity index (χ1) is 12.6. The molecule has 2 aromatic rings. The summed E-state index contributed by atoms with van der Waals surface area (Å²) in [6, 6.07) is 11.5. The summed E-state index contributed by atoms with van der Waals surface area (Å²) in [6.07, 6.45) is 1.00. The molecule has 0 fully saturated rings. The van der Waals surface area contributed by atoms with Crippen molar-refractivity contribution in [1.29, 1.82) is 0 Å². The van der Waals surface area contributed by atoms with Crippen molar-refractivity contribution in [2.45, 2.75) is 13.0 Å². The molecule has 0 aliphatic carbocycles. The Kier molecular flexibility index (Phi) is 6.97. The summed E-state index contributed by atoms with van der Waals surface area (Å²) in [7, 11) is -2.18. The van der Waals surface area contributed by atoms with E-state index in [1.165, 1.54) is 6.07 Å². The second-order valence-corrected chi connectivity index (χ2v) is 8.60. The SMILES string of the molecule is COc1ccc([C@H](C)NC(=O)CN(c2cccc(Cl)c2Cl)S(C)(=O)=O)cc1. The highest BCUT2D eigenvalue weighted by Gasteiger charge is 2.24. The fraction of sp³-hybridized carbons (Fsp3) is 0.278. The molecule has 0 radical (unpaired) electrons. The molecule has 9 heteroatoms. The molecule has 2 aromatic carbocycles. The first kappa shape index (κ1) is 21.3. The van der Waals surface area contributed by atoms with Gasteiger partial charge in [-0.1, -0.05) is 41.4 Å². The third-order valence-corrected chi connectivity index (χ3v) is 5.82. The van der Waals surface area contributed by atoms with Gasteiger partial charge in [-0.2, -0.15) is 0 Å². The maximum atomic E-state index is 12.5. The van der Waals surface area contributed by atoms with Crippen LogP contribution in [0.2, 0.25) is 10.0 Å². The Morgan fingerprint density at radius 2 is 1.81 bits per heavy atom. The van der Waals surface area contributed by atoms with Gasteiger partial charge in [-0.3, -0.25) is 9.10 Å². The fourth-order valence-corrected chi connectivity index (χ4v) is 3.77. The van der Waals surface area contributed by atoms with Gasteiger partial charge < -0.3 is 10.1 Å². The fourth-order valence-electron chi connectivity index (χ4n) is 2.46. The molecule has 146 valence electrons. The summed E-state index contributed by atoms with van der Waals surface area (Å²) in [5.74, 6) is 0.232. The summed E-state index contributed by atoms with van der Waals surface area (Å²) < 4.78 is 30.4. The van der Waals surface area contributed by atoms with Crippen LogP contribution in [0.1, 0.15) is 18.5 Å². The number of sulfonamides is 1. The van der Waals surface area contributed by atoms with Gasteiger partial charge in [0.25, 0.3) is 0 Å². The standard InChI is InChI=1S/C18H20Cl2N2O4S/c1-12(13-7-9-14(26-2)10-8-13)21-17(23)11-22(27(3,24)25)16-6-4-5-15(19)18(16)20/h4-10,12H,11H2,1-3H3,(H,21,23)/t12-/m0/s1. The lowest BCUT2D eigenvalue weighted by Gasteiger charge is -2.24. The average Bonchev–Trinajstić information content (AvgIpc) is 2.61. The maximum absolute atomic E-state index is 12.5. The largest absolute Gasteiger partial charge is 0.497 e. The molecule has 0 spiro atoms. The lowest BCUT2D eigenvalue weighted by Crippen LogP contribution is -2.41. The van der Waals surface area contributed by atoms with Crippen molar-refractivity contribution in [3.8, 4) is 5.75 Å². The Bertz CT molecular complexity index is 917. The summed E-state index contributed by atoms with van der Waals surface area (Å²) in [4.78, 5) is 12.5. The lowest BCUT2D eigenvalue weighted by molar-refractivity contribution is -0.120. The number of amides is 1. The van der Waals surface area contributed by atoms with Gasteiger partial charge in [0.15, 0.2) is 0 Å². The highest BCUT2D eigenvalue weighted by atomic mass is 35.5. The number of nitrogens with zero attached hydrogens (tertiary/aromatic N) is 1. The van der Waals surface area contributed by atoms with Gasteiger partial charge in [0.1, 0.15) is 12.3 Å². The van der Waals surface area contributed by atoms with Gasteiger partial charge in [0, 0.05) is 0 Å². The number of hydrogen-bond acceptors (Lipinski definition) is 4. The molecule has 0 aliphatic heterocycles. The van der Waals surface area contributed by atoms with E-state index in [4.69, 9.17) is 27.9 Å². The van der Waals surface area contributed by atoms with Crippen LogP contribution in [0.25, 0.3) is 0 Å². The first-order valence-corrected chi connectivity index (χ1v) is 10.6. The number of ether oxygens (including phenoxy) is 1. The normalized spacial score (nSPS) is 12.3. The van der Waals surface area contributed by atoms with Crippen molar-refractivity contribution in [2.75, 3.05) is 24.2 Å². The van der Waals surface area contributed by atoms with Crippen LogP contribution < -0.4 is 14.4 Å². The third kappa shape index (κ3) is 5.51. The Hall–Kier alpha value is -1.96. The highest BCUT2D eigenvalue weighted by Crippen LogP contribution is 2.33. The predicted molar refractivity (Wildman–Crippen MR) is 108 cm³/mol. The average molecular weight is 431 g/mol. The van der Waals surface area contributed by atoms with E-state index in [2.05, 4.69) is 5.32 Å². The number of hydrogen-bond donors (Lipinski definition) is 1. The zero-order chi connectivity index (χ0) is 20.2. The number of halogens is 2. The summed E-state index contributed by atoms with van der Waals surface area (Å²) in [5.41, 5.74) is 1.01. The Labute approximate surface area is 169 Å². The molecule has 0 aliphatic rings. The lowest BCUT2D eigenvalue weighted by atomic mass is 10.1.